The van der Waals surface area contributed by atoms with Gasteiger partial charge in [-0.15, -0.1) is 0 Å². The van der Waals surface area contributed by atoms with Crippen molar-refractivity contribution in [2.75, 3.05) is 20.3 Å². The second kappa shape index (κ2) is 11.5. The van der Waals surface area contributed by atoms with Crippen LogP contribution >= 0.6 is 0 Å². The maximum Gasteiger partial charge on any atom is 0.187 e. The van der Waals surface area contributed by atoms with E-state index in [1.807, 2.05) is 0 Å². The van der Waals surface area contributed by atoms with E-state index in [4.69, 9.17) is 28.4 Å². The van der Waals surface area contributed by atoms with E-state index in [0.29, 0.717) is 0 Å². The van der Waals surface area contributed by atoms with Gasteiger partial charge in [0.25, 0.3) is 0 Å². The Balaban J connectivity index is 1.70. The topological polar surface area (TPSA) is 217 Å². The van der Waals surface area contributed by atoms with Crippen LogP contribution < -0.4 is 0 Å². The standard InChI is InChI=1S/C19H34O14/c1-6-16(7(28-2)3-10(22)29-6)32-19-15(27)13(25)17(9(5-21)31-19)33-18-14(26)12(24)11(23)8(4-20)30-18/h6-27H,3-5H2,1-2H3/t6-,7+,8-,9-,10-,11-,12+,13-,14-,15-,16-,17-,18+,19+/m1/s1. The summed E-state index contributed by atoms with van der Waals surface area (Å²) < 4.78 is 32.8. The SMILES string of the molecule is CO[C@H]1C[C@H](O)O[C@H](C)[C@H]1O[C@@H]1O[C@H](CO)[C@@H](O[C@@H]2O[C@H](CO)[C@@H](O)[C@H](O)[C@H]2O)[C@H](O)[C@H]1O. The first kappa shape index (κ1) is 27.0. The summed E-state index contributed by atoms with van der Waals surface area (Å²) in [6, 6.07) is 0. The number of hydrogen-bond acceptors (Lipinski definition) is 14. The van der Waals surface area contributed by atoms with E-state index in [-0.39, 0.29) is 6.42 Å². The fourth-order valence-electron chi connectivity index (χ4n) is 4.27. The lowest BCUT2D eigenvalue weighted by atomic mass is 9.96. The molecule has 3 aliphatic rings. The molecular weight excluding hydrogens is 452 g/mol. The minimum atomic E-state index is -1.76. The van der Waals surface area contributed by atoms with Gasteiger partial charge in [0.15, 0.2) is 18.9 Å². The molecule has 194 valence electrons. The summed E-state index contributed by atoms with van der Waals surface area (Å²) in [4.78, 5) is 0. The van der Waals surface area contributed by atoms with Gasteiger partial charge < -0.3 is 69.3 Å². The van der Waals surface area contributed by atoms with Crippen molar-refractivity contribution in [3.63, 3.8) is 0 Å². The molecule has 14 heteroatoms. The highest BCUT2D eigenvalue weighted by atomic mass is 16.8. The van der Waals surface area contributed by atoms with Crippen LogP contribution in [-0.4, -0.2) is 147 Å². The van der Waals surface area contributed by atoms with Crippen LogP contribution in [0.5, 0.6) is 0 Å². The summed E-state index contributed by atoms with van der Waals surface area (Å²) in [5, 5.41) is 80.1. The van der Waals surface area contributed by atoms with Crippen LogP contribution in [0.3, 0.4) is 0 Å². The highest BCUT2D eigenvalue weighted by molar-refractivity contribution is 4.95. The second-order valence-corrected chi connectivity index (χ2v) is 8.41. The quantitative estimate of drug-likeness (QED) is 0.169. The molecule has 0 aromatic heterocycles. The lowest BCUT2D eigenvalue weighted by molar-refractivity contribution is -0.372. The predicted molar refractivity (Wildman–Crippen MR) is 103 cm³/mol. The Labute approximate surface area is 189 Å². The Morgan fingerprint density at radius 2 is 1.24 bits per heavy atom. The molecule has 3 rings (SSSR count). The molecule has 8 N–H and O–H groups in total. The smallest absolute Gasteiger partial charge is 0.187 e. The van der Waals surface area contributed by atoms with E-state index in [9.17, 15) is 40.9 Å². The molecular formula is C19H34O14. The van der Waals surface area contributed by atoms with Gasteiger partial charge in [-0.05, 0) is 6.92 Å². The third-order valence-electron chi connectivity index (χ3n) is 6.19. The Morgan fingerprint density at radius 3 is 1.82 bits per heavy atom. The molecule has 3 heterocycles. The van der Waals surface area contributed by atoms with Gasteiger partial charge in [-0.2, -0.15) is 0 Å². The molecule has 33 heavy (non-hydrogen) atoms. The van der Waals surface area contributed by atoms with Crippen molar-refractivity contribution in [1.82, 2.24) is 0 Å². The van der Waals surface area contributed by atoms with Gasteiger partial charge in [-0.1, -0.05) is 0 Å². The van der Waals surface area contributed by atoms with Crippen molar-refractivity contribution in [3.05, 3.63) is 0 Å². The van der Waals surface area contributed by atoms with Crippen LogP contribution in [0.15, 0.2) is 0 Å². The van der Waals surface area contributed by atoms with Crippen molar-refractivity contribution < 1.29 is 69.3 Å². The first-order valence-electron chi connectivity index (χ1n) is 10.7. The van der Waals surface area contributed by atoms with E-state index in [1.54, 1.807) is 6.92 Å². The van der Waals surface area contributed by atoms with Gasteiger partial charge >= 0.3 is 0 Å². The van der Waals surface area contributed by atoms with Crippen molar-refractivity contribution in [3.8, 4) is 0 Å². The van der Waals surface area contributed by atoms with Crippen LogP contribution in [-0.2, 0) is 28.4 Å². The number of rotatable bonds is 7. The molecule has 3 saturated heterocycles. The van der Waals surface area contributed by atoms with Crippen molar-refractivity contribution in [2.45, 2.75) is 99.4 Å². The zero-order valence-electron chi connectivity index (χ0n) is 18.2. The Bertz CT molecular complexity index is 607. The van der Waals surface area contributed by atoms with E-state index in [2.05, 4.69) is 0 Å². The summed E-state index contributed by atoms with van der Waals surface area (Å²) in [6.45, 7) is 0.252. The molecule has 0 spiro atoms. The molecule has 3 fully saturated rings. The number of aliphatic hydroxyl groups is 8. The first-order valence-corrected chi connectivity index (χ1v) is 10.7. The minimum absolute atomic E-state index is 0.100. The highest BCUT2D eigenvalue weighted by Gasteiger charge is 2.52. The average molecular weight is 486 g/mol. The van der Waals surface area contributed by atoms with Crippen LogP contribution in [0.1, 0.15) is 13.3 Å². The second-order valence-electron chi connectivity index (χ2n) is 8.41. The Kier molecular flexibility index (Phi) is 9.38. The third-order valence-corrected chi connectivity index (χ3v) is 6.19. The minimum Gasteiger partial charge on any atom is -0.394 e. The van der Waals surface area contributed by atoms with Crippen molar-refractivity contribution >= 4 is 0 Å². The lowest BCUT2D eigenvalue weighted by Gasteiger charge is -2.47. The van der Waals surface area contributed by atoms with Gasteiger partial charge in [0.1, 0.15) is 54.9 Å². The fraction of sp³-hybridized carbons (Fsp3) is 1.00. The highest BCUT2D eigenvalue weighted by Crippen LogP contribution is 2.32. The Hall–Kier alpha value is -0.560. The largest absolute Gasteiger partial charge is 0.394 e. The third kappa shape index (κ3) is 5.65. The molecule has 14 nitrogen and oxygen atoms in total. The van der Waals surface area contributed by atoms with Crippen LogP contribution in [0.4, 0.5) is 0 Å². The molecule has 0 aromatic carbocycles. The molecule has 0 bridgehead atoms. The predicted octanol–water partition coefficient (Wildman–Crippen LogP) is -4.86. The molecule has 0 aromatic rings. The molecule has 0 aliphatic carbocycles. The summed E-state index contributed by atoms with van der Waals surface area (Å²) in [7, 11) is 1.42. The van der Waals surface area contributed by atoms with Gasteiger partial charge in [0, 0.05) is 13.5 Å². The van der Waals surface area contributed by atoms with Crippen LogP contribution in [0.2, 0.25) is 0 Å². The van der Waals surface area contributed by atoms with Gasteiger partial charge in [-0.25, -0.2) is 0 Å². The zero-order valence-corrected chi connectivity index (χ0v) is 18.2. The van der Waals surface area contributed by atoms with E-state index < -0.39 is 99.2 Å². The van der Waals surface area contributed by atoms with E-state index in [0.717, 1.165) is 0 Å². The summed E-state index contributed by atoms with van der Waals surface area (Å²) in [5.74, 6) is 0. The molecule has 0 unspecified atom stereocenters. The van der Waals surface area contributed by atoms with Gasteiger partial charge in [0.05, 0.1) is 25.4 Å². The molecule has 0 amide bonds. The molecule has 0 saturated carbocycles. The maximum absolute atomic E-state index is 10.7. The molecule has 3 aliphatic heterocycles. The zero-order chi connectivity index (χ0) is 24.4. The average Bonchev–Trinajstić information content (AvgIpc) is 2.79. The van der Waals surface area contributed by atoms with Gasteiger partial charge in [-0.3, -0.25) is 0 Å². The van der Waals surface area contributed by atoms with E-state index in [1.165, 1.54) is 7.11 Å². The van der Waals surface area contributed by atoms with Gasteiger partial charge in [0.2, 0.25) is 0 Å². The molecule has 0 radical (unpaired) electrons. The van der Waals surface area contributed by atoms with E-state index >= 15 is 0 Å². The first-order chi connectivity index (χ1) is 15.6. The summed E-state index contributed by atoms with van der Waals surface area (Å²) in [6.07, 6.45) is -18.5. The van der Waals surface area contributed by atoms with Crippen LogP contribution in [0.25, 0.3) is 0 Å². The van der Waals surface area contributed by atoms with Crippen LogP contribution in [0, 0.1) is 0 Å². The normalized spacial score (nSPS) is 51.5. The maximum atomic E-state index is 10.7. The number of hydrogen-bond donors (Lipinski definition) is 8. The summed E-state index contributed by atoms with van der Waals surface area (Å²) >= 11 is 0. The summed E-state index contributed by atoms with van der Waals surface area (Å²) in [5.41, 5.74) is 0. The van der Waals surface area contributed by atoms with Crippen molar-refractivity contribution in [1.29, 1.82) is 0 Å². The number of ether oxygens (including phenoxy) is 6. The fourth-order valence-corrected chi connectivity index (χ4v) is 4.27. The monoisotopic (exact) mass is 486 g/mol. The molecule has 14 atom stereocenters. The Morgan fingerprint density at radius 1 is 0.697 bits per heavy atom. The van der Waals surface area contributed by atoms with Crippen molar-refractivity contribution in [2.24, 2.45) is 0 Å². The number of aliphatic hydroxyl groups excluding tert-OH is 8. The lowest BCUT2D eigenvalue weighted by Crippen LogP contribution is -2.65. The number of methoxy groups -OCH3 is 1.